The van der Waals surface area contributed by atoms with Gasteiger partial charge >= 0.3 is 6.18 Å². The van der Waals surface area contributed by atoms with E-state index < -0.39 is 28.1 Å². The summed E-state index contributed by atoms with van der Waals surface area (Å²) in [6.07, 6.45) is -0.889. The van der Waals surface area contributed by atoms with E-state index in [1.54, 1.807) is 0 Å². The molecule has 2 aromatic heterocycles. The predicted molar refractivity (Wildman–Crippen MR) is 95.8 cm³/mol. The second-order valence-corrected chi connectivity index (χ2v) is 9.24. The zero-order chi connectivity index (χ0) is 20.1. The van der Waals surface area contributed by atoms with Crippen LogP contribution in [-0.2, 0) is 16.4 Å². The number of piperidine rings is 1. The van der Waals surface area contributed by atoms with Crippen LogP contribution in [0.2, 0.25) is 0 Å². The van der Waals surface area contributed by atoms with Crippen molar-refractivity contribution in [2.75, 3.05) is 19.6 Å². The third-order valence-corrected chi connectivity index (χ3v) is 7.39. The van der Waals surface area contributed by atoms with E-state index in [9.17, 15) is 21.6 Å². The molecular formula is C17H22F3N5O2S. The molecule has 0 bridgehead atoms. The molecule has 7 nitrogen and oxygen atoms in total. The van der Waals surface area contributed by atoms with Crippen molar-refractivity contribution in [1.82, 2.24) is 23.2 Å². The number of fused-ring (bicyclic) bond motifs is 1. The summed E-state index contributed by atoms with van der Waals surface area (Å²) in [7, 11) is -3.67. The first-order valence-corrected chi connectivity index (χ1v) is 10.8. The highest BCUT2D eigenvalue weighted by molar-refractivity contribution is 7.86. The number of nitrogens with zero attached hydrogens (tertiary/aromatic N) is 5. The first kappa shape index (κ1) is 19.6. The molecule has 2 aliphatic rings. The average molecular weight is 417 g/mol. The predicted octanol–water partition coefficient (Wildman–Crippen LogP) is 2.92. The lowest BCUT2D eigenvalue weighted by Gasteiger charge is -2.36. The smallest absolute Gasteiger partial charge is 0.234 e. The van der Waals surface area contributed by atoms with Crippen LogP contribution >= 0.6 is 0 Å². The molecule has 0 saturated carbocycles. The number of aryl methyl sites for hydroxylation is 1. The van der Waals surface area contributed by atoms with Gasteiger partial charge in [-0.25, -0.2) is 9.50 Å². The summed E-state index contributed by atoms with van der Waals surface area (Å²) in [6.45, 7) is 2.80. The summed E-state index contributed by atoms with van der Waals surface area (Å²) < 4.78 is 70.1. The van der Waals surface area contributed by atoms with Crippen molar-refractivity contribution in [1.29, 1.82) is 0 Å². The van der Waals surface area contributed by atoms with Gasteiger partial charge in [-0.3, -0.25) is 0 Å². The van der Waals surface area contributed by atoms with Gasteiger partial charge in [-0.05, 0) is 38.7 Å². The number of hydrogen-bond acceptors (Lipinski definition) is 4. The van der Waals surface area contributed by atoms with Crippen LogP contribution in [-0.4, -0.2) is 51.3 Å². The highest BCUT2D eigenvalue weighted by Gasteiger charge is 2.40. The fourth-order valence-corrected chi connectivity index (χ4v) is 5.94. The van der Waals surface area contributed by atoms with E-state index in [-0.39, 0.29) is 11.3 Å². The Hall–Kier alpha value is -1.72. The number of alkyl halides is 3. The Morgan fingerprint density at radius 2 is 1.75 bits per heavy atom. The molecule has 2 aromatic rings. The van der Waals surface area contributed by atoms with E-state index >= 15 is 0 Å². The normalized spacial score (nSPS) is 22.9. The molecule has 0 aromatic carbocycles. The van der Waals surface area contributed by atoms with Gasteiger partial charge in [-0.15, -0.1) is 0 Å². The number of hydrogen-bond donors (Lipinski definition) is 0. The molecule has 1 atom stereocenters. The monoisotopic (exact) mass is 417 g/mol. The second kappa shape index (κ2) is 6.96. The maximum Gasteiger partial charge on any atom is 0.433 e. The summed E-state index contributed by atoms with van der Waals surface area (Å²) in [5, 5.41) is 4.14. The van der Waals surface area contributed by atoms with E-state index in [0.29, 0.717) is 31.7 Å². The molecular weight excluding hydrogens is 395 g/mol. The van der Waals surface area contributed by atoms with Crippen LogP contribution < -0.4 is 0 Å². The maximum atomic E-state index is 13.4. The van der Waals surface area contributed by atoms with E-state index in [2.05, 4.69) is 10.1 Å². The topological polar surface area (TPSA) is 70.8 Å². The van der Waals surface area contributed by atoms with Crippen molar-refractivity contribution in [2.45, 2.75) is 51.2 Å². The summed E-state index contributed by atoms with van der Waals surface area (Å²) in [4.78, 5) is 4.15. The van der Waals surface area contributed by atoms with E-state index in [4.69, 9.17) is 0 Å². The molecule has 4 rings (SSSR count). The van der Waals surface area contributed by atoms with Crippen LogP contribution in [0.3, 0.4) is 0 Å². The Morgan fingerprint density at radius 3 is 2.43 bits per heavy atom. The molecule has 4 heterocycles. The molecule has 0 N–H and O–H groups in total. The Balaban J connectivity index is 1.77. The van der Waals surface area contributed by atoms with Crippen molar-refractivity contribution in [3.8, 4) is 0 Å². The van der Waals surface area contributed by atoms with Gasteiger partial charge in [0.2, 0.25) is 0 Å². The molecule has 0 spiro atoms. The molecule has 28 heavy (non-hydrogen) atoms. The summed E-state index contributed by atoms with van der Waals surface area (Å²) >= 11 is 0. The van der Waals surface area contributed by atoms with E-state index in [1.807, 2.05) is 0 Å². The third-order valence-electron chi connectivity index (χ3n) is 5.35. The summed E-state index contributed by atoms with van der Waals surface area (Å²) in [6, 6.07) is 1.84. The standard InChI is InChI=1S/C17H22F3N5O2S/c1-12-10-15(17(18,19)20)25-16(21-12)11-13(22-25)14-6-2-3-9-24(14)28(26,27)23-7-4-5-8-23/h10-11,14H,2-9H2,1H3/t14-/m1/s1. The lowest BCUT2D eigenvalue weighted by molar-refractivity contribution is -0.142. The lowest BCUT2D eigenvalue weighted by Crippen LogP contribution is -2.46. The largest absolute Gasteiger partial charge is 0.433 e. The van der Waals surface area contributed by atoms with Crippen molar-refractivity contribution in [3.63, 3.8) is 0 Å². The molecule has 154 valence electrons. The minimum atomic E-state index is -4.58. The molecule has 2 saturated heterocycles. The van der Waals surface area contributed by atoms with Crippen LogP contribution in [0.25, 0.3) is 5.65 Å². The third kappa shape index (κ3) is 3.39. The van der Waals surface area contributed by atoms with E-state index in [0.717, 1.165) is 36.3 Å². The molecule has 0 unspecified atom stereocenters. The number of aromatic nitrogens is 3. The fourth-order valence-electron chi connectivity index (χ4n) is 4.03. The molecule has 0 amide bonds. The Bertz CT molecular complexity index is 983. The van der Waals surface area contributed by atoms with Crippen molar-refractivity contribution >= 4 is 15.9 Å². The Labute approximate surface area is 161 Å². The molecule has 11 heteroatoms. The van der Waals surface area contributed by atoms with Gasteiger partial charge in [-0.2, -0.15) is 35.3 Å². The van der Waals surface area contributed by atoms with Gasteiger partial charge in [0.25, 0.3) is 10.2 Å². The van der Waals surface area contributed by atoms with Gasteiger partial charge < -0.3 is 0 Å². The van der Waals surface area contributed by atoms with Crippen LogP contribution in [0.4, 0.5) is 13.2 Å². The van der Waals surface area contributed by atoms with Gasteiger partial charge in [0.05, 0.1) is 11.7 Å². The molecule has 2 aliphatic heterocycles. The van der Waals surface area contributed by atoms with Gasteiger partial charge in [0.1, 0.15) is 5.69 Å². The zero-order valence-electron chi connectivity index (χ0n) is 15.5. The van der Waals surface area contributed by atoms with E-state index in [1.165, 1.54) is 21.6 Å². The van der Waals surface area contributed by atoms with Gasteiger partial charge in [0.15, 0.2) is 5.65 Å². The highest BCUT2D eigenvalue weighted by atomic mass is 32.2. The maximum absolute atomic E-state index is 13.4. The molecule has 0 radical (unpaired) electrons. The van der Waals surface area contributed by atoms with Crippen molar-refractivity contribution in [3.05, 3.63) is 29.2 Å². The van der Waals surface area contributed by atoms with Gasteiger partial charge in [-0.1, -0.05) is 6.42 Å². The first-order chi connectivity index (χ1) is 13.2. The van der Waals surface area contributed by atoms with Crippen LogP contribution in [0.1, 0.15) is 55.2 Å². The average Bonchev–Trinajstić information content (AvgIpc) is 3.30. The van der Waals surface area contributed by atoms with Crippen LogP contribution in [0.5, 0.6) is 0 Å². The first-order valence-electron chi connectivity index (χ1n) is 9.39. The number of halogens is 3. The van der Waals surface area contributed by atoms with Crippen molar-refractivity contribution < 1.29 is 21.6 Å². The Morgan fingerprint density at radius 1 is 1.07 bits per heavy atom. The quantitative estimate of drug-likeness (QED) is 0.770. The lowest BCUT2D eigenvalue weighted by atomic mass is 10.0. The highest BCUT2D eigenvalue weighted by Crippen LogP contribution is 2.36. The molecule has 2 fully saturated rings. The summed E-state index contributed by atoms with van der Waals surface area (Å²) in [5.41, 5.74) is -0.292. The van der Waals surface area contributed by atoms with Crippen LogP contribution in [0, 0.1) is 6.92 Å². The molecule has 0 aliphatic carbocycles. The minimum Gasteiger partial charge on any atom is -0.234 e. The number of rotatable bonds is 3. The van der Waals surface area contributed by atoms with Crippen LogP contribution in [0.15, 0.2) is 12.1 Å². The SMILES string of the molecule is Cc1cc(C(F)(F)F)n2nc([C@H]3CCCCN3S(=O)(=O)N3CCCC3)cc2n1. The zero-order valence-corrected chi connectivity index (χ0v) is 16.3. The van der Waals surface area contributed by atoms with Crippen molar-refractivity contribution in [2.24, 2.45) is 0 Å². The summed E-state index contributed by atoms with van der Waals surface area (Å²) in [5.74, 6) is 0. The van der Waals surface area contributed by atoms with Gasteiger partial charge in [0, 0.05) is 31.4 Å². The Kier molecular flexibility index (Phi) is 4.87. The minimum absolute atomic E-state index is 0.0754. The fraction of sp³-hybridized carbons (Fsp3) is 0.647. The second-order valence-electron chi connectivity index (χ2n) is 7.36.